The molecule has 0 heterocycles. The van der Waals surface area contributed by atoms with Crippen molar-refractivity contribution >= 4 is 17.0 Å². The number of hydrogen-bond donors (Lipinski definition) is 2. The van der Waals surface area contributed by atoms with Crippen LogP contribution < -0.4 is 10.0 Å². The Morgan fingerprint density at radius 3 is 2.28 bits per heavy atom. The number of nitrogens with one attached hydrogen (secondary N) is 2. The van der Waals surface area contributed by atoms with Crippen LogP contribution in [0.25, 0.3) is 0 Å². The zero-order chi connectivity index (χ0) is 14.1. The Morgan fingerprint density at radius 1 is 1.22 bits per heavy atom. The number of ketones is 1. The van der Waals surface area contributed by atoms with Gasteiger partial charge >= 0.3 is 0 Å². The molecule has 0 aromatic carbocycles. The van der Waals surface area contributed by atoms with E-state index < -0.39 is 11.3 Å². The van der Waals surface area contributed by atoms with Crippen LogP contribution in [-0.4, -0.2) is 33.2 Å². The highest BCUT2D eigenvalue weighted by Gasteiger charge is 2.20. The fourth-order valence-electron chi connectivity index (χ4n) is 1.74. The van der Waals surface area contributed by atoms with Crippen molar-refractivity contribution in [3.05, 3.63) is 0 Å². The summed E-state index contributed by atoms with van der Waals surface area (Å²) in [6, 6.07) is 0.146. The van der Waals surface area contributed by atoms with Gasteiger partial charge in [0.2, 0.25) is 0 Å². The van der Waals surface area contributed by atoms with Gasteiger partial charge in [-0.1, -0.05) is 34.1 Å². The maximum Gasteiger partial charge on any atom is 0.152 e. The van der Waals surface area contributed by atoms with Crippen LogP contribution in [0, 0.1) is 5.92 Å². The Labute approximate surface area is 113 Å². The molecule has 2 atom stereocenters. The van der Waals surface area contributed by atoms with Gasteiger partial charge in [0.25, 0.3) is 0 Å². The Hall–Kier alpha value is -0.300. The minimum atomic E-state index is -2.19. The number of carbonyl (C=O) groups excluding carboxylic acids is 1. The third-order valence-corrected chi connectivity index (χ3v) is 3.03. The molecule has 2 N–H and O–H groups in total. The standard InChI is InChI=1S/C12H26N2O3S/c1-9(2)12(15)11(14-10(3)4)7-5-6-8-13-18(16)17/h9-11,13-14H,5-8H2,1-4H3,(H,16,17)/p-1/t11-/m0/s1. The summed E-state index contributed by atoms with van der Waals surface area (Å²) in [4.78, 5) is 12.0. The number of rotatable bonds is 10. The lowest BCUT2D eigenvalue weighted by atomic mass is 9.96. The second-order valence-electron chi connectivity index (χ2n) is 5.06. The normalized spacial score (nSPS) is 15.1. The summed E-state index contributed by atoms with van der Waals surface area (Å²) in [5.74, 6) is 0.248. The molecule has 0 aromatic heterocycles. The molecule has 0 aliphatic heterocycles. The zero-order valence-corrected chi connectivity index (χ0v) is 12.5. The van der Waals surface area contributed by atoms with Crippen molar-refractivity contribution in [2.45, 2.75) is 59.0 Å². The summed E-state index contributed by atoms with van der Waals surface area (Å²) in [7, 11) is 0. The van der Waals surface area contributed by atoms with Gasteiger partial charge in [0.1, 0.15) is 0 Å². The van der Waals surface area contributed by atoms with Crippen molar-refractivity contribution in [2.24, 2.45) is 5.92 Å². The topological polar surface area (TPSA) is 81.3 Å². The number of hydrogen-bond acceptors (Lipinski definition) is 4. The predicted octanol–water partition coefficient (Wildman–Crippen LogP) is 1.13. The first-order valence-corrected chi connectivity index (χ1v) is 7.54. The molecule has 0 saturated heterocycles. The van der Waals surface area contributed by atoms with E-state index in [2.05, 4.69) is 10.0 Å². The molecule has 0 radical (unpaired) electrons. The summed E-state index contributed by atoms with van der Waals surface area (Å²) in [6.07, 6.45) is 2.32. The lowest BCUT2D eigenvalue weighted by Gasteiger charge is -2.22. The zero-order valence-electron chi connectivity index (χ0n) is 11.7. The van der Waals surface area contributed by atoms with E-state index in [9.17, 15) is 13.6 Å². The summed E-state index contributed by atoms with van der Waals surface area (Å²) in [6.45, 7) is 8.27. The maximum absolute atomic E-state index is 12.0. The highest BCUT2D eigenvalue weighted by molar-refractivity contribution is 7.77. The first kappa shape index (κ1) is 17.7. The lowest BCUT2D eigenvalue weighted by molar-refractivity contribution is -0.124. The van der Waals surface area contributed by atoms with Gasteiger partial charge in [-0.3, -0.25) is 9.00 Å². The second kappa shape index (κ2) is 9.61. The van der Waals surface area contributed by atoms with Crippen molar-refractivity contribution in [3.63, 3.8) is 0 Å². The van der Waals surface area contributed by atoms with Gasteiger partial charge in [0.05, 0.1) is 6.04 Å². The van der Waals surface area contributed by atoms with Gasteiger partial charge in [-0.2, -0.15) is 0 Å². The number of carbonyl (C=O) groups is 1. The van der Waals surface area contributed by atoms with Crippen LogP contribution in [0.4, 0.5) is 0 Å². The summed E-state index contributed by atoms with van der Waals surface area (Å²) < 4.78 is 22.8. The molecular weight excluding hydrogens is 252 g/mol. The molecule has 1 unspecified atom stereocenters. The van der Waals surface area contributed by atoms with Crippen LogP contribution in [0.1, 0.15) is 47.0 Å². The van der Waals surface area contributed by atoms with Crippen LogP contribution in [0.3, 0.4) is 0 Å². The van der Waals surface area contributed by atoms with Crippen molar-refractivity contribution in [1.82, 2.24) is 10.0 Å². The van der Waals surface area contributed by atoms with Gasteiger partial charge in [-0.15, -0.1) is 0 Å². The van der Waals surface area contributed by atoms with Crippen molar-refractivity contribution in [2.75, 3.05) is 6.54 Å². The van der Waals surface area contributed by atoms with Gasteiger partial charge in [0, 0.05) is 29.8 Å². The Bertz CT molecular complexity index is 270. The number of Topliss-reactive ketones (excluding diaryl/α,β-unsaturated/α-hetero) is 1. The summed E-state index contributed by atoms with van der Waals surface area (Å²) in [5, 5.41) is 3.27. The van der Waals surface area contributed by atoms with Crippen LogP contribution in [-0.2, 0) is 16.1 Å². The molecule has 0 saturated carbocycles. The molecule has 0 aliphatic carbocycles. The monoisotopic (exact) mass is 277 g/mol. The Morgan fingerprint density at radius 2 is 1.83 bits per heavy atom. The third-order valence-electron chi connectivity index (χ3n) is 2.59. The third kappa shape index (κ3) is 8.74. The maximum atomic E-state index is 12.0. The van der Waals surface area contributed by atoms with E-state index in [1.807, 2.05) is 27.7 Å². The molecule has 5 nitrogen and oxygen atoms in total. The summed E-state index contributed by atoms with van der Waals surface area (Å²) in [5.41, 5.74) is 0. The second-order valence-corrected chi connectivity index (χ2v) is 5.81. The molecule has 108 valence electrons. The van der Waals surface area contributed by atoms with E-state index >= 15 is 0 Å². The SMILES string of the molecule is CC(C)N[C@@H](CCCCNS(=O)[O-])C(=O)C(C)C. The molecule has 0 aliphatic rings. The molecule has 0 rings (SSSR count). The van der Waals surface area contributed by atoms with E-state index in [1.54, 1.807) is 0 Å². The quantitative estimate of drug-likeness (QED) is 0.463. The van der Waals surface area contributed by atoms with Crippen LogP contribution in [0.2, 0.25) is 0 Å². The average molecular weight is 277 g/mol. The van der Waals surface area contributed by atoms with E-state index in [0.29, 0.717) is 6.54 Å². The molecule has 0 bridgehead atoms. The van der Waals surface area contributed by atoms with Crippen LogP contribution >= 0.6 is 0 Å². The molecule has 0 aromatic rings. The fourth-order valence-corrected chi connectivity index (χ4v) is 2.05. The Balaban J connectivity index is 4.01. The predicted molar refractivity (Wildman–Crippen MR) is 72.7 cm³/mol. The highest BCUT2D eigenvalue weighted by Crippen LogP contribution is 2.08. The minimum Gasteiger partial charge on any atom is -0.760 e. The van der Waals surface area contributed by atoms with Gasteiger partial charge in [-0.25, -0.2) is 4.72 Å². The van der Waals surface area contributed by atoms with Crippen molar-refractivity contribution in [1.29, 1.82) is 0 Å². The number of unbranched alkanes of at least 4 members (excludes halogenated alkanes) is 1. The molecule has 18 heavy (non-hydrogen) atoms. The minimum absolute atomic E-state index is 0.0218. The van der Waals surface area contributed by atoms with Crippen molar-refractivity contribution < 1.29 is 13.6 Å². The van der Waals surface area contributed by atoms with E-state index in [-0.39, 0.29) is 23.8 Å². The molecule has 0 spiro atoms. The fraction of sp³-hybridized carbons (Fsp3) is 0.917. The molecular formula is C12H25N2O3S-. The van der Waals surface area contributed by atoms with Gasteiger partial charge in [0.15, 0.2) is 5.78 Å². The largest absolute Gasteiger partial charge is 0.760 e. The highest BCUT2D eigenvalue weighted by atomic mass is 32.2. The molecule has 0 amide bonds. The van der Waals surface area contributed by atoms with Gasteiger partial charge in [-0.05, 0) is 12.8 Å². The molecule has 6 heteroatoms. The van der Waals surface area contributed by atoms with Crippen molar-refractivity contribution in [3.8, 4) is 0 Å². The summed E-state index contributed by atoms with van der Waals surface area (Å²) >= 11 is -2.19. The van der Waals surface area contributed by atoms with E-state index in [4.69, 9.17) is 0 Å². The first-order chi connectivity index (χ1) is 8.34. The van der Waals surface area contributed by atoms with E-state index in [1.165, 1.54) is 0 Å². The van der Waals surface area contributed by atoms with Crippen LogP contribution in [0.5, 0.6) is 0 Å². The first-order valence-electron chi connectivity index (χ1n) is 6.47. The van der Waals surface area contributed by atoms with E-state index in [0.717, 1.165) is 19.3 Å². The molecule has 0 fully saturated rings. The smallest absolute Gasteiger partial charge is 0.152 e. The Kier molecular flexibility index (Phi) is 9.45. The lowest BCUT2D eigenvalue weighted by Crippen LogP contribution is -2.42. The van der Waals surface area contributed by atoms with Gasteiger partial charge < -0.3 is 9.87 Å². The van der Waals surface area contributed by atoms with Crippen LogP contribution in [0.15, 0.2) is 0 Å². The average Bonchev–Trinajstić information content (AvgIpc) is 2.24.